The average Bonchev–Trinajstić information content (AvgIpc) is 3.76. The van der Waals surface area contributed by atoms with Gasteiger partial charge in [-0.3, -0.25) is 14.9 Å². The Balaban J connectivity index is 1.18. The molecule has 4 fully saturated rings. The lowest BCUT2D eigenvalue weighted by atomic mass is 9.95. The quantitative estimate of drug-likeness (QED) is 0.276. The van der Waals surface area contributed by atoms with Crippen LogP contribution in [-0.4, -0.2) is 98.2 Å². The van der Waals surface area contributed by atoms with Crippen LogP contribution in [0.5, 0.6) is 6.01 Å². The molecule has 1 N–H and O–H groups in total. The number of ether oxygens (including phenoxy) is 2. The Morgan fingerprint density at radius 3 is 2.66 bits per heavy atom. The molecule has 4 saturated heterocycles. The number of rotatable bonds is 5. The fourth-order valence-corrected chi connectivity index (χ4v) is 8.37. The average molecular weight is 646 g/mol. The van der Waals surface area contributed by atoms with Gasteiger partial charge in [0.2, 0.25) is 0 Å². The number of nitrogens with zero attached hydrogens (tertiary/aromatic N) is 6. The summed E-state index contributed by atoms with van der Waals surface area (Å²) >= 11 is 0. The van der Waals surface area contributed by atoms with Gasteiger partial charge in [0.25, 0.3) is 0 Å². The highest BCUT2D eigenvalue weighted by molar-refractivity contribution is 5.95. The number of carbonyl (C=O) groups is 1. The molecule has 0 radical (unpaired) electrons. The van der Waals surface area contributed by atoms with Crippen molar-refractivity contribution in [2.45, 2.75) is 89.2 Å². The number of anilines is 1. The number of hydrogen-bond acceptors (Lipinski definition) is 8. The van der Waals surface area contributed by atoms with Crippen LogP contribution in [-0.2, 0) is 4.74 Å². The highest BCUT2D eigenvalue weighted by Crippen LogP contribution is 2.42. The summed E-state index contributed by atoms with van der Waals surface area (Å²) in [4.78, 5) is 28.9. The van der Waals surface area contributed by atoms with Crippen LogP contribution >= 0.6 is 0 Å². The molecular formula is C35H41F2N7O3. The minimum atomic E-state index is -0.890. The van der Waals surface area contributed by atoms with Crippen LogP contribution in [0.25, 0.3) is 32.9 Å². The van der Waals surface area contributed by atoms with E-state index in [-0.39, 0.29) is 36.3 Å². The van der Waals surface area contributed by atoms with Gasteiger partial charge in [0.1, 0.15) is 29.7 Å². The van der Waals surface area contributed by atoms with E-state index in [1.54, 1.807) is 12.3 Å². The summed E-state index contributed by atoms with van der Waals surface area (Å²) in [5.74, 6) is 0.117. The molecule has 10 nitrogen and oxygen atoms in total. The fourth-order valence-electron chi connectivity index (χ4n) is 8.37. The summed E-state index contributed by atoms with van der Waals surface area (Å²) in [6.07, 6.45) is 4.51. The summed E-state index contributed by atoms with van der Waals surface area (Å²) in [5, 5.41) is 8.65. The van der Waals surface area contributed by atoms with Crippen molar-refractivity contribution in [1.82, 2.24) is 30.0 Å². The lowest BCUT2D eigenvalue weighted by molar-refractivity contribution is 0.0122. The molecule has 4 aliphatic heterocycles. The Kier molecular flexibility index (Phi) is 7.09. The summed E-state index contributed by atoms with van der Waals surface area (Å²) in [5.41, 5.74) is 2.09. The number of carbonyl (C=O) groups excluding carboxylic acids is 1. The summed E-state index contributed by atoms with van der Waals surface area (Å²) in [6.45, 7) is 10.1. The largest absolute Gasteiger partial charge is 0.461 e. The van der Waals surface area contributed by atoms with Gasteiger partial charge < -0.3 is 14.4 Å². The molecule has 0 spiro atoms. The van der Waals surface area contributed by atoms with E-state index in [0.717, 1.165) is 54.3 Å². The van der Waals surface area contributed by atoms with Crippen LogP contribution in [0.2, 0.25) is 0 Å². The predicted molar refractivity (Wildman–Crippen MR) is 175 cm³/mol. The van der Waals surface area contributed by atoms with Gasteiger partial charge in [0.05, 0.1) is 29.3 Å². The smallest absolute Gasteiger partial charge is 0.410 e. The number of alkyl halides is 1. The van der Waals surface area contributed by atoms with Gasteiger partial charge in [-0.15, -0.1) is 0 Å². The summed E-state index contributed by atoms with van der Waals surface area (Å²) in [7, 11) is 0. The Labute approximate surface area is 272 Å². The molecule has 0 saturated carbocycles. The second kappa shape index (κ2) is 11.0. The number of aromatic amines is 1. The molecule has 6 heterocycles. The van der Waals surface area contributed by atoms with E-state index >= 15 is 4.39 Å². The van der Waals surface area contributed by atoms with E-state index in [9.17, 15) is 9.18 Å². The van der Waals surface area contributed by atoms with E-state index in [1.165, 1.54) is 0 Å². The van der Waals surface area contributed by atoms with E-state index in [4.69, 9.17) is 14.5 Å². The van der Waals surface area contributed by atoms with Crippen molar-refractivity contribution in [2.24, 2.45) is 0 Å². The number of hydrogen-bond donors (Lipinski definition) is 1. The molecule has 0 aliphatic carbocycles. The number of fused-ring (bicyclic) bond motifs is 5. The minimum Gasteiger partial charge on any atom is -0.461 e. The van der Waals surface area contributed by atoms with Crippen molar-refractivity contribution in [3.05, 3.63) is 41.8 Å². The van der Waals surface area contributed by atoms with E-state index in [0.29, 0.717) is 42.8 Å². The third-order valence-corrected chi connectivity index (χ3v) is 10.5. The maximum atomic E-state index is 16.8. The van der Waals surface area contributed by atoms with Crippen LogP contribution in [0, 0.1) is 12.7 Å². The Hall–Kier alpha value is -4.06. The monoisotopic (exact) mass is 645 g/mol. The maximum absolute atomic E-state index is 16.8. The van der Waals surface area contributed by atoms with Gasteiger partial charge in [-0.05, 0) is 89.2 Å². The number of aryl methyl sites for hydroxylation is 1. The molecule has 2 aromatic carbocycles. The molecule has 4 aromatic rings. The molecule has 4 aliphatic rings. The van der Waals surface area contributed by atoms with Crippen molar-refractivity contribution < 1.29 is 23.0 Å². The van der Waals surface area contributed by atoms with Crippen LogP contribution in [0.1, 0.15) is 58.4 Å². The second-order valence-electron chi connectivity index (χ2n) is 14.8. The van der Waals surface area contributed by atoms with Gasteiger partial charge in [-0.2, -0.15) is 15.1 Å². The first-order chi connectivity index (χ1) is 22.5. The molecule has 4 atom stereocenters. The van der Waals surface area contributed by atoms with Crippen LogP contribution in [0.15, 0.2) is 30.5 Å². The van der Waals surface area contributed by atoms with Crippen molar-refractivity contribution >= 4 is 33.7 Å². The standard InChI is InChI=1S/C35H41F2N7O3/c1-20-12-21-15-38-41-28(21)13-27(20)25-8-9-26-30(29(25)37)39-32(46-19-35-10-5-11-43(35)16-22(36)14-35)40-31(26)42-17-23-6-7-24(18-42)44(23)33(45)47-34(2,3)4/h8-9,12-13,15,22-24H,5-7,10-11,14,16-19H2,1-4H3,(H,38,41)/t22-,23-,24+,35+/m1/s1. The maximum Gasteiger partial charge on any atom is 0.410 e. The molecule has 0 unspecified atom stereocenters. The number of H-pyrrole nitrogens is 1. The minimum absolute atomic E-state index is 0.0585. The number of halogens is 2. The Morgan fingerprint density at radius 2 is 1.89 bits per heavy atom. The van der Waals surface area contributed by atoms with E-state index < -0.39 is 23.1 Å². The second-order valence-corrected chi connectivity index (χ2v) is 14.8. The highest BCUT2D eigenvalue weighted by Gasteiger charge is 2.50. The van der Waals surface area contributed by atoms with Crippen LogP contribution in [0.3, 0.4) is 0 Å². The topological polar surface area (TPSA) is 99.7 Å². The van der Waals surface area contributed by atoms with Crippen LogP contribution < -0.4 is 9.64 Å². The number of piperazine rings is 1. The first-order valence-corrected chi connectivity index (χ1v) is 16.7. The number of amides is 1. The third kappa shape index (κ3) is 5.25. The molecule has 1 amide bonds. The van der Waals surface area contributed by atoms with Gasteiger partial charge in [0.15, 0.2) is 5.82 Å². The number of aromatic nitrogens is 4. The molecule has 12 heteroatoms. The predicted octanol–water partition coefficient (Wildman–Crippen LogP) is 6.16. The zero-order valence-electron chi connectivity index (χ0n) is 27.4. The van der Waals surface area contributed by atoms with Gasteiger partial charge in [0, 0.05) is 42.4 Å². The van der Waals surface area contributed by atoms with Gasteiger partial charge in [-0.25, -0.2) is 13.6 Å². The number of nitrogens with one attached hydrogen (secondary N) is 1. The summed E-state index contributed by atoms with van der Waals surface area (Å²) in [6, 6.07) is 7.54. The zero-order valence-corrected chi connectivity index (χ0v) is 27.4. The van der Waals surface area contributed by atoms with Crippen LogP contribution in [0.4, 0.5) is 19.4 Å². The van der Waals surface area contributed by atoms with Crippen molar-refractivity contribution in [1.29, 1.82) is 0 Å². The zero-order chi connectivity index (χ0) is 32.7. The van der Waals surface area contributed by atoms with Crippen molar-refractivity contribution in [2.75, 3.05) is 37.7 Å². The Morgan fingerprint density at radius 1 is 1.11 bits per heavy atom. The van der Waals surface area contributed by atoms with Crippen molar-refractivity contribution in [3.8, 4) is 17.1 Å². The van der Waals surface area contributed by atoms with E-state index in [1.807, 2.05) is 50.8 Å². The molecule has 2 aromatic heterocycles. The van der Waals surface area contributed by atoms with Crippen molar-refractivity contribution in [3.63, 3.8) is 0 Å². The first-order valence-electron chi connectivity index (χ1n) is 16.7. The van der Waals surface area contributed by atoms with E-state index in [2.05, 4.69) is 25.0 Å². The Bertz CT molecular complexity index is 1860. The SMILES string of the molecule is Cc1cc2cn[nH]c2cc1-c1ccc2c(N3C[C@H]4CC[C@@H](C3)N4C(=O)OC(C)(C)C)nc(OC[C@@]34CCCN3C[C@H](F)C4)nc2c1F. The highest BCUT2D eigenvalue weighted by atomic mass is 19.1. The first kappa shape index (κ1) is 30.3. The number of benzene rings is 2. The third-order valence-electron chi connectivity index (χ3n) is 10.5. The lowest BCUT2D eigenvalue weighted by Crippen LogP contribution is -2.57. The van der Waals surface area contributed by atoms with Gasteiger partial charge >= 0.3 is 12.1 Å². The molecule has 2 bridgehead atoms. The molecule has 47 heavy (non-hydrogen) atoms. The van der Waals surface area contributed by atoms with Gasteiger partial charge in [-0.1, -0.05) is 6.07 Å². The fraction of sp³-hybridized carbons (Fsp3) is 0.543. The normalized spacial score (nSPS) is 26.0. The lowest BCUT2D eigenvalue weighted by Gasteiger charge is -2.42. The molecular weight excluding hydrogens is 604 g/mol. The summed E-state index contributed by atoms with van der Waals surface area (Å²) < 4.78 is 43.4. The molecule has 248 valence electrons. The molecule has 8 rings (SSSR count).